The molecule has 2 rings (SSSR count). The molecule has 17 heavy (non-hydrogen) atoms. The molecule has 1 N–H and O–H groups in total. The Balaban J connectivity index is 2.22. The number of hydrogen-bond acceptors (Lipinski definition) is 2. The summed E-state index contributed by atoms with van der Waals surface area (Å²) in [5.41, 5.74) is -0.910. The minimum atomic E-state index is -0.910. The van der Waals surface area contributed by atoms with Gasteiger partial charge in [0.05, 0.1) is 0 Å². The van der Waals surface area contributed by atoms with Gasteiger partial charge < -0.3 is 10.0 Å². The van der Waals surface area contributed by atoms with Crippen LogP contribution in [0.3, 0.4) is 0 Å². The van der Waals surface area contributed by atoms with E-state index in [9.17, 15) is 14.7 Å². The second kappa shape index (κ2) is 4.96. The lowest BCUT2D eigenvalue weighted by Crippen LogP contribution is -2.56. The normalized spacial score (nSPS) is 28.4. The van der Waals surface area contributed by atoms with E-state index >= 15 is 0 Å². The molecule has 4 nitrogen and oxygen atoms in total. The topological polar surface area (TPSA) is 57.6 Å². The summed E-state index contributed by atoms with van der Waals surface area (Å²) in [5, 5.41) is 10.3. The van der Waals surface area contributed by atoms with Crippen LogP contribution in [0.15, 0.2) is 0 Å². The Bertz CT molecular complexity index is 326. The number of hydrogen-bond donors (Lipinski definition) is 1. The molecule has 2 fully saturated rings. The standard InChI is InChI=1S/C12H18BrNO3/c13-7-9-6-10(15)14(8-9)12(11(16)17)4-2-1-3-5-12/h9H,1-8H2,(H,16,17). The fourth-order valence-corrected chi connectivity index (χ4v) is 3.47. The quantitative estimate of drug-likeness (QED) is 0.812. The molecule has 0 spiro atoms. The molecule has 0 radical (unpaired) electrons. The van der Waals surface area contributed by atoms with Crippen molar-refractivity contribution in [1.82, 2.24) is 4.90 Å². The summed E-state index contributed by atoms with van der Waals surface area (Å²) in [4.78, 5) is 25.2. The van der Waals surface area contributed by atoms with Gasteiger partial charge in [0.2, 0.25) is 5.91 Å². The minimum Gasteiger partial charge on any atom is -0.479 e. The lowest BCUT2D eigenvalue weighted by atomic mass is 9.80. The third-order valence-corrected chi connectivity index (χ3v) is 4.93. The number of halogens is 1. The first-order chi connectivity index (χ1) is 8.10. The Morgan fingerprint density at radius 2 is 2.06 bits per heavy atom. The Kier molecular flexibility index (Phi) is 3.76. The van der Waals surface area contributed by atoms with Crippen molar-refractivity contribution in [2.75, 3.05) is 11.9 Å². The van der Waals surface area contributed by atoms with E-state index in [0.29, 0.717) is 25.8 Å². The highest BCUT2D eigenvalue weighted by Gasteiger charge is 2.50. The minimum absolute atomic E-state index is 0.0127. The molecule has 1 saturated carbocycles. The van der Waals surface area contributed by atoms with Crippen LogP contribution in [0, 0.1) is 5.92 Å². The Morgan fingerprint density at radius 3 is 2.53 bits per heavy atom. The fraction of sp³-hybridized carbons (Fsp3) is 0.833. The molecule has 1 aliphatic carbocycles. The van der Waals surface area contributed by atoms with E-state index in [1.54, 1.807) is 4.90 Å². The maximum absolute atomic E-state index is 12.0. The van der Waals surface area contributed by atoms with Gasteiger partial charge in [0.25, 0.3) is 0 Å². The van der Waals surface area contributed by atoms with Crippen LogP contribution in [-0.4, -0.2) is 39.3 Å². The number of aliphatic carboxylic acids is 1. The first-order valence-electron chi connectivity index (χ1n) is 6.20. The molecule has 1 aliphatic heterocycles. The van der Waals surface area contributed by atoms with Gasteiger partial charge in [-0.05, 0) is 18.8 Å². The molecule has 96 valence electrons. The molecule has 2 aliphatic rings. The summed E-state index contributed by atoms with van der Waals surface area (Å²) < 4.78 is 0. The zero-order valence-electron chi connectivity index (χ0n) is 9.82. The summed E-state index contributed by atoms with van der Waals surface area (Å²) in [6.45, 7) is 0.594. The number of rotatable bonds is 3. The molecule has 0 aromatic carbocycles. The molecule has 0 bridgehead atoms. The second-order valence-electron chi connectivity index (χ2n) is 5.13. The van der Waals surface area contributed by atoms with Crippen molar-refractivity contribution in [3.05, 3.63) is 0 Å². The third kappa shape index (κ3) is 2.21. The zero-order chi connectivity index (χ0) is 12.5. The first kappa shape index (κ1) is 12.9. The summed E-state index contributed by atoms with van der Waals surface area (Å²) in [6, 6.07) is 0. The summed E-state index contributed by atoms with van der Waals surface area (Å²) in [7, 11) is 0. The lowest BCUT2D eigenvalue weighted by Gasteiger charge is -2.41. The average Bonchev–Trinajstić information content (AvgIpc) is 2.71. The Labute approximate surface area is 109 Å². The molecule has 1 amide bonds. The molecular weight excluding hydrogens is 286 g/mol. The van der Waals surface area contributed by atoms with E-state index in [1.807, 2.05) is 0 Å². The molecule has 1 unspecified atom stereocenters. The summed E-state index contributed by atoms with van der Waals surface area (Å²) >= 11 is 3.38. The third-order valence-electron chi connectivity index (χ3n) is 4.02. The maximum Gasteiger partial charge on any atom is 0.329 e. The van der Waals surface area contributed by atoms with Gasteiger partial charge in [-0.25, -0.2) is 4.79 Å². The van der Waals surface area contributed by atoms with E-state index in [-0.39, 0.29) is 11.8 Å². The maximum atomic E-state index is 12.0. The van der Waals surface area contributed by atoms with E-state index in [2.05, 4.69) is 15.9 Å². The van der Waals surface area contributed by atoms with Gasteiger partial charge in [-0.2, -0.15) is 0 Å². The van der Waals surface area contributed by atoms with Crippen LogP contribution in [0.4, 0.5) is 0 Å². The molecule has 5 heteroatoms. The number of alkyl halides is 1. The largest absolute Gasteiger partial charge is 0.479 e. The van der Waals surface area contributed by atoms with Crippen molar-refractivity contribution in [1.29, 1.82) is 0 Å². The number of likely N-dealkylation sites (tertiary alicyclic amines) is 1. The SMILES string of the molecule is O=C1CC(CBr)CN1C1(C(=O)O)CCCCC1. The van der Waals surface area contributed by atoms with Crippen LogP contribution < -0.4 is 0 Å². The van der Waals surface area contributed by atoms with Crippen molar-refractivity contribution in [2.45, 2.75) is 44.1 Å². The van der Waals surface area contributed by atoms with Crippen LogP contribution in [0.2, 0.25) is 0 Å². The van der Waals surface area contributed by atoms with Crippen molar-refractivity contribution in [2.24, 2.45) is 5.92 Å². The predicted octanol–water partition coefficient (Wildman–Crippen LogP) is 2.02. The monoisotopic (exact) mass is 303 g/mol. The highest BCUT2D eigenvalue weighted by atomic mass is 79.9. The number of amides is 1. The second-order valence-corrected chi connectivity index (χ2v) is 5.77. The van der Waals surface area contributed by atoms with Gasteiger partial charge >= 0.3 is 5.97 Å². The first-order valence-corrected chi connectivity index (χ1v) is 7.32. The van der Waals surface area contributed by atoms with Crippen LogP contribution in [0.25, 0.3) is 0 Å². The average molecular weight is 304 g/mol. The number of carboxylic acid groups (broad SMARTS) is 1. The van der Waals surface area contributed by atoms with Gasteiger partial charge in [0, 0.05) is 18.3 Å². The van der Waals surface area contributed by atoms with E-state index in [4.69, 9.17) is 0 Å². The predicted molar refractivity (Wildman–Crippen MR) is 67.1 cm³/mol. The van der Waals surface area contributed by atoms with Crippen molar-refractivity contribution < 1.29 is 14.7 Å². The highest BCUT2D eigenvalue weighted by molar-refractivity contribution is 9.09. The van der Waals surface area contributed by atoms with Gasteiger partial charge in [0.1, 0.15) is 5.54 Å². The number of nitrogens with zero attached hydrogens (tertiary/aromatic N) is 1. The fourth-order valence-electron chi connectivity index (χ4n) is 3.03. The van der Waals surface area contributed by atoms with Crippen molar-refractivity contribution >= 4 is 27.8 Å². The van der Waals surface area contributed by atoms with Gasteiger partial charge in [-0.1, -0.05) is 35.2 Å². The Morgan fingerprint density at radius 1 is 1.41 bits per heavy atom. The van der Waals surface area contributed by atoms with Crippen LogP contribution in [0.1, 0.15) is 38.5 Å². The Hall–Kier alpha value is -0.580. The van der Waals surface area contributed by atoms with E-state index in [0.717, 1.165) is 24.6 Å². The van der Waals surface area contributed by atoms with Crippen molar-refractivity contribution in [3.8, 4) is 0 Å². The van der Waals surface area contributed by atoms with Gasteiger partial charge in [-0.3, -0.25) is 4.79 Å². The molecule has 0 aromatic rings. The zero-order valence-corrected chi connectivity index (χ0v) is 11.4. The number of carboxylic acids is 1. The highest BCUT2D eigenvalue weighted by Crippen LogP contribution is 2.38. The van der Waals surface area contributed by atoms with Gasteiger partial charge in [-0.15, -0.1) is 0 Å². The van der Waals surface area contributed by atoms with Crippen LogP contribution in [0.5, 0.6) is 0 Å². The number of carbonyl (C=O) groups excluding carboxylic acids is 1. The lowest BCUT2D eigenvalue weighted by molar-refractivity contribution is -0.159. The summed E-state index contributed by atoms with van der Waals surface area (Å²) in [5.74, 6) is -0.542. The smallest absolute Gasteiger partial charge is 0.329 e. The molecular formula is C12H18BrNO3. The molecule has 1 atom stereocenters. The van der Waals surface area contributed by atoms with Crippen LogP contribution >= 0.6 is 15.9 Å². The number of carbonyl (C=O) groups is 2. The van der Waals surface area contributed by atoms with E-state index in [1.165, 1.54) is 0 Å². The van der Waals surface area contributed by atoms with Gasteiger partial charge in [0.15, 0.2) is 0 Å². The molecule has 0 aromatic heterocycles. The molecule has 1 heterocycles. The van der Waals surface area contributed by atoms with E-state index < -0.39 is 11.5 Å². The summed E-state index contributed by atoms with van der Waals surface area (Å²) in [6.07, 6.45) is 4.62. The molecule has 1 saturated heterocycles. The van der Waals surface area contributed by atoms with Crippen molar-refractivity contribution in [3.63, 3.8) is 0 Å². The van der Waals surface area contributed by atoms with Crippen LogP contribution in [-0.2, 0) is 9.59 Å².